The highest BCUT2D eigenvalue weighted by Crippen LogP contribution is 2.32. The number of aromatic amines is 1. The molecule has 6 nitrogen and oxygen atoms in total. The fourth-order valence-corrected chi connectivity index (χ4v) is 3.60. The summed E-state index contributed by atoms with van der Waals surface area (Å²) in [5.41, 5.74) is 3.08. The van der Waals surface area contributed by atoms with Gasteiger partial charge < -0.3 is 20.4 Å². The van der Waals surface area contributed by atoms with E-state index in [1.807, 2.05) is 49.5 Å². The van der Waals surface area contributed by atoms with Crippen molar-refractivity contribution in [2.45, 2.75) is 25.5 Å². The molecule has 8 heteroatoms. The molecular weight excluding hydrogens is 415 g/mol. The molecule has 31 heavy (non-hydrogen) atoms. The molecule has 2 unspecified atom stereocenters. The highest BCUT2D eigenvalue weighted by atomic mass is 32.1. The monoisotopic (exact) mass is 436 g/mol. The van der Waals surface area contributed by atoms with Crippen LogP contribution in [0.4, 0.5) is 10.1 Å². The van der Waals surface area contributed by atoms with Crippen molar-refractivity contribution in [2.75, 3.05) is 5.32 Å². The zero-order chi connectivity index (χ0) is 21.8. The standard InChI is InChI=1S/C23H21FN4O2S/c1-14-22(17-9-10-25-19(17)13-26-14)30-20-8-7-16(12-18(20)24)27-23(31)28-21(29)11-15-5-3-2-4-6-15/h2-10,12-14,22,25H,11H2,1H3,(H2,27,28,29,31). The van der Waals surface area contributed by atoms with Gasteiger partial charge in [-0.2, -0.15) is 0 Å². The van der Waals surface area contributed by atoms with Gasteiger partial charge in [0.1, 0.15) is 6.10 Å². The maximum absolute atomic E-state index is 14.7. The molecule has 0 bridgehead atoms. The van der Waals surface area contributed by atoms with Crippen LogP contribution in [0.5, 0.6) is 5.75 Å². The minimum absolute atomic E-state index is 0.0983. The number of aromatic nitrogens is 1. The van der Waals surface area contributed by atoms with Gasteiger partial charge >= 0.3 is 0 Å². The van der Waals surface area contributed by atoms with E-state index in [1.165, 1.54) is 12.1 Å². The van der Waals surface area contributed by atoms with Crippen LogP contribution >= 0.6 is 12.2 Å². The SMILES string of the molecule is CC1N=Cc2[nH]ccc2C1Oc1ccc(NC(=S)NC(=O)Cc2ccccc2)cc1F. The molecule has 3 N–H and O–H groups in total. The van der Waals surface area contributed by atoms with E-state index in [0.29, 0.717) is 5.69 Å². The maximum Gasteiger partial charge on any atom is 0.230 e. The Morgan fingerprint density at radius 1 is 1.23 bits per heavy atom. The summed E-state index contributed by atoms with van der Waals surface area (Å²) < 4.78 is 20.6. The summed E-state index contributed by atoms with van der Waals surface area (Å²) >= 11 is 5.17. The number of carbonyl (C=O) groups excluding carboxylic acids is 1. The Morgan fingerprint density at radius 3 is 2.81 bits per heavy atom. The van der Waals surface area contributed by atoms with Gasteiger partial charge in [0, 0.05) is 29.7 Å². The number of aliphatic imine (C=N–C) groups is 1. The van der Waals surface area contributed by atoms with E-state index < -0.39 is 11.9 Å². The molecule has 0 radical (unpaired) electrons. The summed E-state index contributed by atoms with van der Waals surface area (Å²) in [6.07, 6.45) is 3.38. The van der Waals surface area contributed by atoms with Crippen LogP contribution in [0.15, 0.2) is 65.8 Å². The van der Waals surface area contributed by atoms with Gasteiger partial charge in [0.25, 0.3) is 0 Å². The number of hydrogen-bond acceptors (Lipinski definition) is 4. The van der Waals surface area contributed by atoms with Crippen LogP contribution < -0.4 is 15.4 Å². The van der Waals surface area contributed by atoms with E-state index in [-0.39, 0.29) is 29.2 Å². The van der Waals surface area contributed by atoms with E-state index in [4.69, 9.17) is 17.0 Å². The fourth-order valence-electron chi connectivity index (χ4n) is 3.37. The van der Waals surface area contributed by atoms with Gasteiger partial charge in [0.05, 0.1) is 18.2 Å². The number of fused-ring (bicyclic) bond motifs is 1. The fraction of sp³-hybridized carbons (Fsp3) is 0.174. The van der Waals surface area contributed by atoms with E-state index >= 15 is 0 Å². The van der Waals surface area contributed by atoms with Crippen LogP contribution in [0, 0.1) is 5.82 Å². The summed E-state index contributed by atoms with van der Waals surface area (Å²) in [5.74, 6) is -0.675. The largest absolute Gasteiger partial charge is 0.480 e. The van der Waals surface area contributed by atoms with Crippen molar-refractivity contribution in [2.24, 2.45) is 4.99 Å². The van der Waals surface area contributed by atoms with E-state index in [9.17, 15) is 9.18 Å². The van der Waals surface area contributed by atoms with Gasteiger partial charge in [-0.15, -0.1) is 0 Å². The van der Waals surface area contributed by atoms with Crippen molar-refractivity contribution in [3.05, 3.63) is 83.4 Å². The number of benzene rings is 2. The first-order chi connectivity index (χ1) is 15.0. The Kier molecular flexibility index (Phi) is 6.08. The smallest absolute Gasteiger partial charge is 0.230 e. The summed E-state index contributed by atoms with van der Waals surface area (Å²) in [6.45, 7) is 1.92. The zero-order valence-corrected chi connectivity index (χ0v) is 17.6. The molecule has 0 aliphatic carbocycles. The van der Waals surface area contributed by atoms with Crippen LogP contribution in [0.3, 0.4) is 0 Å². The second-order valence-electron chi connectivity index (χ2n) is 7.21. The lowest BCUT2D eigenvalue weighted by atomic mass is 10.0. The number of thiocarbonyl (C=S) groups is 1. The van der Waals surface area contributed by atoms with Crippen molar-refractivity contribution < 1.29 is 13.9 Å². The molecule has 2 heterocycles. The van der Waals surface area contributed by atoms with Crippen molar-refractivity contribution in [3.63, 3.8) is 0 Å². The summed E-state index contributed by atoms with van der Waals surface area (Å²) in [4.78, 5) is 19.6. The number of anilines is 1. The third-order valence-electron chi connectivity index (χ3n) is 4.90. The second kappa shape index (κ2) is 9.09. The number of hydrogen-bond donors (Lipinski definition) is 3. The Balaban J connectivity index is 1.37. The molecule has 1 aliphatic heterocycles. The quantitative estimate of drug-likeness (QED) is 0.525. The van der Waals surface area contributed by atoms with Crippen LogP contribution in [-0.4, -0.2) is 28.3 Å². The molecule has 1 aliphatic rings. The minimum atomic E-state index is -0.540. The number of rotatable bonds is 5. The molecule has 4 rings (SSSR count). The first-order valence-electron chi connectivity index (χ1n) is 9.81. The molecule has 0 fully saturated rings. The van der Waals surface area contributed by atoms with Gasteiger partial charge in [-0.25, -0.2) is 4.39 Å². The lowest BCUT2D eigenvalue weighted by Crippen LogP contribution is -2.35. The number of ether oxygens (including phenoxy) is 1. The van der Waals surface area contributed by atoms with Gasteiger partial charge in [0.2, 0.25) is 5.91 Å². The molecule has 0 spiro atoms. The average molecular weight is 437 g/mol. The molecule has 0 saturated heterocycles. The lowest BCUT2D eigenvalue weighted by Gasteiger charge is -2.26. The summed E-state index contributed by atoms with van der Waals surface area (Å²) in [5, 5.41) is 5.52. The predicted octanol–water partition coefficient (Wildman–Crippen LogP) is 4.15. The molecule has 2 atom stereocenters. The first kappa shape index (κ1) is 20.7. The highest BCUT2D eigenvalue weighted by Gasteiger charge is 2.27. The average Bonchev–Trinajstić information content (AvgIpc) is 3.21. The van der Waals surface area contributed by atoms with E-state index in [0.717, 1.165) is 16.8 Å². The predicted molar refractivity (Wildman–Crippen MR) is 122 cm³/mol. The number of amides is 1. The Hall–Kier alpha value is -3.52. The Morgan fingerprint density at radius 2 is 2.03 bits per heavy atom. The first-order valence-corrected chi connectivity index (χ1v) is 10.2. The number of halogens is 1. The molecular formula is C23H21FN4O2S. The van der Waals surface area contributed by atoms with Crippen LogP contribution in [0.25, 0.3) is 0 Å². The highest BCUT2D eigenvalue weighted by molar-refractivity contribution is 7.80. The van der Waals surface area contributed by atoms with Crippen molar-refractivity contribution in [1.82, 2.24) is 10.3 Å². The summed E-state index contributed by atoms with van der Waals surface area (Å²) in [7, 11) is 0. The third-order valence-corrected chi connectivity index (χ3v) is 5.10. The molecule has 3 aromatic rings. The lowest BCUT2D eigenvalue weighted by molar-refractivity contribution is -0.119. The number of nitrogens with zero attached hydrogens (tertiary/aromatic N) is 1. The number of H-pyrrole nitrogens is 1. The van der Waals surface area contributed by atoms with Crippen LogP contribution in [0.2, 0.25) is 0 Å². The maximum atomic E-state index is 14.7. The molecule has 0 saturated carbocycles. The van der Waals surface area contributed by atoms with Gasteiger partial charge in [-0.3, -0.25) is 9.79 Å². The minimum Gasteiger partial charge on any atom is -0.480 e. The summed E-state index contributed by atoms with van der Waals surface area (Å²) in [6, 6.07) is 15.5. The third kappa shape index (κ3) is 4.97. The van der Waals surface area contributed by atoms with Gasteiger partial charge in [-0.05, 0) is 42.9 Å². The molecule has 2 aromatic carbocycles. The van der Waals surface area contributed by atoms with E-state index in [1.54, 1.807) is 12.3 Å². The topological polar surface area (TPSA) is 78.5 Å². The van der Waals surface area contributed by atoms with Crippen LogP contribution in [0.1, 0.15) is 29.8 Å². The zero-order valence-electron chi connectivity index (χ0n) is 16.8. The molecule has 1 amide bonds. The van der Waals surface area contributed by atoms with Crippen LogP contribution in [-0.2, 0) is 11.2 Å². The Labute approximate surface area is 184 Å². The van der Waals surface area contributed by atoms with Gasteiger partial charge in [0.15, 0.2) is 16.7 Å². The number of carbonyl (C=O) groups is 1. The van der Waals surface area contributed by atoms with E-state index in [2.05, 4.69) is 20.6 Å². The van der Waals surface area contributed by atoms with Crippen molar-refractivity contribution in [3.8, 4) is 5.75 Å². The van der Waals surface area contributed by atoms with Crippen molar-refractivity contribution >= 4 is 35.1 Å². The molecule has 158 valence electrons. The van der Waals surface area contributed by atoms with Gasteiger partial charge in [-0.1, -0.05) is 30.3 Å². The Bertz CT molecular complexity index is 1130. The molecule has 1 aromatic heterocycles. The van der Waals surface area contributed by atoms with Crippen molar-refractivity contribution in [1.29, 1.82) is 0 Å². The number of nitrogens with one attached hydrogen (secondary N) is 3. The normalized spacial score (nSPS) is 17.0. The second-order valence-corrected chi connectivity index (χ2v) is 7.62.